The van der Waals surface area contributed by atoms with Gasteiger partial charge in [0, 0.05) is 70.0 Å². The summed E-state index contributed by atoms with van der Waals surface area (Å²) in [5, 5.41) is 8.30. The van der Waals surface area contributed by atoms with Crippen molar-refractivity contribution in [3.8, 4) is 39.1 Å². The number of fused-ring (bicyclic) bond motifs is 11. The van der Waals surface area contributed by atoms with Crippen LogP contribution in [0.2, 0.25) is 0 Å². The van der Waals surface area contributed by atoms with E-state index in [2.05, 4.69) is 216 Å². The summed E-state index contributed by atoms with van der Waals surface area (Å²) in [5.41, 5.74) is 15.8. The Balaban J connectivity index is 0.872. The summed E-state index contributed by atoms with van der Waals surface area (Å²) in [6.07, 6.45) is 0. The van der Waals surface area contributed by atoms with Crippen LogP contribution in [-0.2, 0) is 0 Å². The maximum absolute atomic E-state index is 6.58. The Hall–Kier alpha value is -8.64. The minimum atomic E-state index is 0.859. The van der Waals surface area contributed by atoms with Crippen molar-refractivity contribution < 1.29 is 8.83 Å². The van der Waals surface area contributed by atoms with Crippen LogP contribution < -0.4 is 4.90 Å². The zero-order valence-corrected chi connectivity index (χ0v) is 36.9. The van der Waals surface area contributed by atoms with E-state index in [1.165, 1.54) is 36.7 Å². The van der Waals surface area contributed by atoms with Crippen molar-refractivity contribution in [2.24, 2.45) is 0 Å². The molecule has 14 aromatic rings. The standard InChI is InChI=1S/C62H38N2O2S/c1-2-12-43(13-3-1)64-55-38-42(30-37-53(55)59-54-16-5-8-22-57(54)66-62(59)64)39-24-31-44(32-25-39)63(45-33-26-40(27-34-45)47-17-10-19-51-49-14-4-7-21-56(49)65-60(47)51)46-35-28-41(29-36-46)48-18-11-20-52-50-15-6-9-23-58(50)67-61(48)52/h1-38H. The van der Waals surface area contributed by atoms with Crippen molar-refractivity contribution in [2.45, 2.75) is 0 Å². The normalized spacial score (nSPS) is 11.9. The Kier molecular flexibility index (Phi) is 8.42. The summed E-state index contributed by atoms with van der Waals surface area (Å²) in [7, 11) is 0. The van der Waals surface area contributed by atoms with Gasteiger partial charge in [-0.1, -0.05) is 158 Å². The Morgan fingerprint density at radius 2 is 0.925 bits per heavy atom. The van der Waals surface area contributed by atoms with Crippen molar-refractivity contribution in [1.29, 1.82) is 0 Å². The number of rotatable bonds is 7. The molecule has 4 heterocycles. The van der Waals surface area contributed by atoms with Crippen molar-refractivity contribution in [1.82, 2.24) is 4.57 Å². The molecule has 0 radical (unpaired) electrons. The average molecular weight is 875 g/mol. The van der Waals surface area contributed by atoms with Gasteiger partial charge in [0.25, 0.3) is 0 Å². The third-order valence-corrected chi connectivity index (χ3v) is 14.7. The second-order valence-corrected chi connectivity index (χ2v) is 18.3. The lowest BCUT2D eigenvalue weighted by molar-refractivity contribution is 0.645. The van der Waals surface area contributed by atoms with Gasteiger partial charge >= 0.3 is 0 Å². The fourth-order valence-corrected chi connectivity index (χ4v) is 11.5. The van der Waals surface area contributed by atoms with E-state index in [9.17, 15) is 0 Å². The first-order valence-corrected chi connectivity index (χ1v) is 23.5. The number of nitrogens with zero attached hydrogens (tertiary/aromatic N) is 2. The summed E-state index contributed by atoms with van der Waals surface area (Å²) >= 11 is 1.87. The van der Waals surface area contributed by atoms with E-state index in [-0.39, 0.29) is 0 Å². The fourth-order valence-electron chi connectivity index (χ4n) is 10.3. The Bertz CT molecular complexity index is 4040. The smallest absolute Gasteiger partial charge is 0.213 e. The topological polar surface area (TPSA) is 34.5 Å². The zero-order valence-electron chi connectivity index (χ0n) is 36.1. The number of hydrogen-bond acceptors (Lipinski definition) is 4. The first-order valence-electron chi connectivity index (χ1n) is 22.6. The third-order valence-electron chi connectivity index (χ3n) is 13.4. The molecule has 5 heteroatoms. The van der Waals surface area contributed by atoms with E-state index in [0.29, 0.717) is 0 Å². The van der Waals surface area contributed by atoms with Gasteiger partial charge in [-0.15, -0.1) is 11.3 Å². The molecule has 0 aliphatic carbocycles. The maximum atomic E-state index is 6.58. The molecule has 0 saturated carbocycles. The molecule has 0 N–H and O–H groups in total. The summed E-state index contributed by atoms with van der Waals surface area (Å²) in [5.74, 6) is 0. The van der Waals surface area contributed by atoms with Gasteiger partial charge in [0.1, 0.15) is 16.7 Å². The number of aromatic nitrogens is 1. The summed E-state index contributed by atoms with van der Waals surface area (Å²) in [6.45, 7) is 0. The minimum absolute atomic E-state index is 0.859. The number of furan rings is 2. The number of thiophene rings is 1. The van der Waals surface area contributed by atoms with Gasteiger partial charge < -0.3 is 13.7 Å². The summed E-state index contributed by atoms with van der Waals surface area (Å²) in [6, 6.07) is 82.6. The second kappa shape index (κ2) is 15.0. The molecule has 67 heavy (non-hydrogen) atoms. The molecule has 4 aromatic heterocycles. The number of anilines is 3. The van der Waals surface area contributed by atoms with Crippen LogP contribution in [0.3, 0.4) is 0 Å². The highest BCUT2D eigenvalue weighted by Crippen LogP contribution is 2.44. The van der Waals surface area contributed by atoms with Crippen LogP contribution >= 0.6 is 11.3 Å². The van der Waals surface area contributed by atoms with Gasteiger partial charge in [-0.2, -0.15) is 0 Å². The molecule has 10 aromatic carbocycles. The van der Waals surface area contributed by atoms with Crippen molar-refractivity contribution in [3.05, 3.63) is 231 Å². The van der Waals surface area contributed by atoms with Gasteiger partial charge in [0.15, 0.2) is 0 Å². The molecule has 314 valence electrons. The van der Waals surface area contributed by atoms with Gasteiger partial charge in [-0.05, 0) is 101 Å². The fraction of sp³-hybridized carbons (Fsp3) is 0. The monoisotopic (exact) mass is 874 g/mol. The van der Waals surface area contributed by atoms with Crippen molar-refractivity contribution >= 4 is 103 Å². The number of para-hydroxylation sites is 4. The van der Waals surface area contributed by atoms with E-state index >= 15 is 0 Å². The van der Waals surface area contributed by atoms with Gasteiger partial charge in [-0.3, -0.25) is 4.57 Å². The van der Waals surface area contributed by atoms with E-state index in [4.69, 9.17) is 8.83 Å². The molecule has 0 amide bonds. The van der Waals surface area contributed by atoms with E-state index in [1.54, 1.807) is 0 Å². The van der Waals surface area contributed by atoms with Gasteiger partial charge in [-0.25, -0.2) is 0 Å². The lowest BCUT2D eigenvalue weighted by atomic mass is 10.0. The van der Waals surface area contributed by atoms with Crippen molar-refractivity contribution in [3.63, 3.8) is 0 Å². The number of hydrogen-bond donors (Lipinski definition) is 0. The molecular weight excluding hydrogens is 837 g/mol. The lowest BCUT2D eigenvalue weighted by Gasteiger charge is -2.26. The molecule has 0 aliphatic heterocycles. The highest BCUT2D eigenvalue weighted by Gasteiger charge is 2.21. The minimum Gasteiger partial charge on any atom is -0.455 e. The van der Waals surface area contributed by atoms with Crippen LogP contribution in [-0.4, -0.2) is 4.57 Å². The molecule has 0 spiro atoms. The van der Waals surface area contributed by atoms with Crippen LogP contribution in [0, 0.1) is 0 Å². The zero-order chi connectivity index (χ0) is 44.0. The van der Waals surface area contributed by atoms with E-state index < -0.39 is 0 Å². The van der Waals surface area contributed by atoms with Crippen LogP contribution in [0.1, 0.15) is 0 Å². The van der Waals surface area contributed by atoms with Crippen LogP contribution in [0.25, 0.3) is 114 Å². The lowest BCUT2D eigenvalue weighted by Crippen LogP contribution is -2.09. The van der Waals surface area contributed by atoms with E-state index in [1.807, 2.05) is 35.6 Å². The largest absolute Gasteiger partial charge is 0.455 e. The first-order chi connectivity index (χ1) is 33.2. The van der Waals surface area contributed by atoms with Crippen LogP contribution in [0.5, 0.6) is 0 Å². The van der Waals surface area contributed by atoms with E-state index in [0.717, 1.165) is 94.5 Å². The molecular formula is C62H38N2O2S. The molecule has 0 fully saturated rings. The molecule has 0 bridgehead atoms. The van der Waals surface area contributed by atoms with Crippen molar-refractivity contribution in [2.75, 3.05) is 4.90 Å². The number of benzene rings is 10. The first kappa shape index (κ1) is 37.7. The highest BCUT2D eigenvalue weighted by molar-refractivity contribution is 7.26. The maximum Gasteiger partial charge on any atom is 0.213 e. The molecule has 0 saturated heterocycles. The Morgan fingerprint density at radius 1 is 0.373 bits per heavy atom. The summed E-state index contributed by atoms with van der Waals surface area (Å²) in [4.78, 5) is 2.35. The highest BCUT2D eigenvalue weighted by atomic mass is 32.1. The van der Waals surface area contributed by atoms with Crippen LogP contribution in [0.15, 0.2) is 239 Å². The SMILES string of the molecule is c1ccc(-n2c3cc(-c4ccc(N(c5ccc(-c6cccc7c6oc6ccccc67)cc5)c5ccc(-c6cccc7c6sc6ccccc67)cc5)cc4)ccc3c3c4ccccc4oc32)cc1. The predicted molar refractivity (Wildman–Crippen MR) is 282 cm³/mol. The molecule has 14 rings (SSSR count). The Labute approximate surface area is 389 Å². The summed E-state index contributed by atoms with van der Waals surface area (Å²) < 4.78 is 17.9. The average Bonchev–Trinajstić information content (AvgIpc) is 4.16. The molecule has 0 atom stereocenters. The second-order valence-electron chi connectivity index (χ2n) is 17.2. The molecule has 4 nitrogen and oxygen atoms in total. The Morgan fingerprint density at radius 3 is 1.66 bits per heavy atom. The molecule has 0 aliphatic rings. The quantitative estimate of drug-likeness (QED) is 0.160. The molecule has 0 unspecified atom stereocenters. The third kappa shape index (κ3) is 5.99. The van der Waals surface area contributed by atoms with Gasteiger partial charge in [0.05, 0.1) is 10.9 Å². The van der Waals surface area contributed by atoms with Crippen LogP contribution in [0.4, 0.5) is 17.1 Å². The predicted octanol–water partition coefficient (Wildman–Crippen LogP) is 18.3. The van der Waals surface area contributed by atoms with Gasteiger partial charge in [0.2, 0.25) is 5.71 Å².